The molecule has 0 fully saturated rings. The van der Waals surface area contributed by atoms with Crippen molar-refractivity contribution in [3.63, 3.8) is 0 Å². The molecule has 1 rings (SSSR count). The molecule has 0 saturated carbocycles. The topological polar surface area (TPSA) is 47.6 Å². The lowest BCUT2D eigenvalue weighted by Gasteiger charge is -2.08. The number of ether oxygens (including phenoxy) is 1. The van der Waals surface area contributed by atoms with Crippen LogP contribution in [0.1, 0.15) is 12.5 Å². The number of rotatable bonds is 2. The molecular weight excluding hydrogens is 195 g/mol. The minimum atomic E-state index is -0.454. The number of aliphatic imine (C=N–C) groups is 1. The van der Waals surface area contributed by atoms with Crippen molar-refractivity contribution < 1.29 is 9.13 Å². The summed E-state index contributed by atoms with van der Waals surface area (Å²) < 4.78 is 18.2. The van der Waals surface area contributed by atoms with Crippen LogP contribution in [0.4, 0.5) is 10.1 Å². The summed E-state index contributed by atoms with van der Waals surface area (Å²) >= 11 is 0. The zero-order chi connectivity index (χ0) is 11.4. The van der Waals surface area contributed by atoms with Crippen molar-refractivity contribution >= 4 is 11.6 Å². The summed E-state index contributed by atoms with van der Waals surface area (Å²) in [4.78, 5) is 3.92. The fourth-order valence-corrected chi connectivity index (χ4v) is 1.08. The van der Waals surface area contributed by atoms with Crippen molar-refractivity contribution in [2.75, 3.05) is 12.8 Å². The summed E-state index contributed by atoms with van der Waals surface area (Å²) in [5.41, 5.74) is 6.13. The highest BCUT2D eigenvalue weighted by Crippen LogP contribution is 2.14. The van der Waals surface area contributed by atoms with E-state index in [9.17, 15) is 4.39 Å². The highest BCUT2D eigenvalue weighted by atomic mass is 19.1. The third-order valence-electron chi connectivity index (χ3n) is 1.72. The normalized spacial score (nSPS) is 11.3. The van der Waals surface area contributed by atoms with Crippen LogP contribution in [0.15, 0.2) is 35.5 Å². The number of benzene rings is 1. The van der Waals surface area contributed by atoms with E-state index in [0.29, 0.717) is 17.2 Å². The molecule has 0 saturated heterocycles. The van der Waals surface area contributed by atoms with Gasteiger partial charge in [-0.05, 0) is 25.1 Å². The van der Waals surface area contributed by atoms with Gasteiger partial charge in [-0.25, -0.2) is 4.39 Å². The number of hydrogen-bond acceptors (Lipinski definition) is 3. The average Bonchev–Trinajstić information content (AvgIpc) is 2.18. The Morgan fingerprint density at radius 3 is 2.67 bits per heavy atom. The molecule has 0 heterocycles. The standard InChI is InChI=1S/C11H13FN2O/c1-7(2)15-11(14-3)8-4-5-9(12)10(13)6-8/h4-6H,1,13H2,2-3H3. The van der Waals surface area contributed by atoms with Gasteiger partial charge in [0.1, 0.15) is 5.82 Å². The van der Waals surface area contributed by atoms with Crippen LogP contribution in [0.2, 0.25) is 0 Å². The van der Waals surface area contributed by atoms with Crippen LogP contribution in [-0.2, 0) is 4.74 Å². The van der Waals surface area contributed by atoms with E-state index in [0.717, 1.165) is 0 Å². The molecule has 0 amide bonds. The molecule has 0 aromatic heterocycles. The summed E-state index contributed by atoms with van der Waals surface area (Å²) in [6.45, 7) is 5.31. The summed E-state index contributed by atoms with van der Waals surface area (Å²) in [5.74, 6) is 0.428. The highest BCUT2D eigenvalue weighted by molar-refractivity contribution is 5.95. The SMILES string of the molecule is C=C(C)OC(=NC)c1ccc(F)c(N)c1. The van der Waals surface area contributed by atoms with Gasteiger partial charge in [0, 0.05) is 12.6 Å². The van der Waals surface area contributed by atoms with Crippen LogP contribution >= 0.6 is 0 Å². The van der Waals surface area contributed by atoms with Gasteiger partial charge in [0.2, 0.25) is 5.90 Å². The van der Waals surface area contributed by atoms with Crippen molar-refractivity contribution in [2.45, 2.75) is 6.92 Å². The minimum absolute atomic E-state index is 0.0685. The highest BCUT2D eigenvalue weighted by Gasteiger charge is 2.07. The number of nitrogens with zero attached hydrogens (tertiary/aromatic N) is 1. The Bertz CT molecular complexity index is 413. The molecule has 0 unspecified atom stereocenters. The lowest BCUT2D eigenvalue weighted by Crippen LogP contribution is -2.06. The molecule has 0 spiro atoms. The van der Waals surface area contributed by atoms with Crippen molar-refractivity contribution in [3.05, 3.63) is 41.9 Å². The largest absolute Gasteiger partial charge is 0.444 e. The van der Waals surface area contributed by atoms with Crippen molar-refractivity contribution in [1.82, 2.24) is 0 Å². The van der Waals surface area contributed by atoms with E-state index in [1.165, 1.54) is 12.1 Å². The molecule has 3 nitrogen and oxygen atoms in total. The Labute approximate surface area is 88.1 Å². The Kier molecular flexibility index (Phi) is 3.44. The molecule has 0 aliphatic heterocycles. The number of nitrogen functional groups attached to an aromatic ring is 1. The van der Waals surface area contributed by atoms with Gasteiger partial charge in [0.25, 0.3) is 0 Å². The Morgan fingerprint density at radius 1 is 1.53 bits per heavy atom. The Hall–Kier alpha value is -1.84. The van der Waals surface area contributed by atoms with E-state index < -0.39 is 5.82 Å². The molecule has 1 aromatic rings. The van der Waals surface area contributed by atoms with Crippen LogP contribution in [0.25, 0.3) is 0 Å². The molecular formula is C11H13FN2O. The van der Waals surface area contributed by atoms with E-state index >= 15 is 0 Å². The van der Waals surface area contributed by atoms with E-state index in [-0.39, 0.29) is 5.69 Å². The van der Waals surface area contributed by atoms with E-state index in [1.54, 1.807) is 20.0 Å². The predicted octanol–water partition coefficient (Wildman–Crippen LogP) is 2.33. The lowest BCUT2D eigenvalue weighted by atomic mass is 10.2. The first kappa shape index (κ1) is 11.2. The molecule has 4 heteroatoms. The minimum Gasteiger partial charge on any atom is -0.444 e. The van der Waals surface area contributed by atoms with Gasteiger partial charge >= 0.3 is 0 Å². The second-order valence-electron chi connectivity index (χ2n) is 3.07. The molecule has 0 bridgehead atoms. The number of anilines is 1. The number of allylic oxidation sites excluding steroid dienone is 1. The van der Waals surface area contributed by atoms with Crippen molar-refractivity contribution in [3.8, 4) is 0 Å². The Morgan fingerprint density at radius 2 is 2.20 bits per heavy atom. The smallest absolute Gasteiger partial charge is 0.221 e. The van der Waals surface area contributed by atoms with E-state index in [4.69, 9.17) is 10.5 Å². The fourth-order valence-electron chi connectivity index (χ4n) is 1.08. The van der Waals surface area contributed by atoms with Gasteiger partial charge in [0.15, 0.2) is 0 Å². The van der Waals surface area contributed by atoms with Crippen LogP contribution < -0.4 is 5.73 Å². The molecule has 15 heavy (non-hydrogen) atoms. The quantitative estimate of drug-likeness (QED) is 0.351. The lowest BCUT2D eigenvalue weighted by molar-refractivity contribution is 0.420. The van der Waals surface area contributed by atoms with Crippen molar-refractivity contribution in [1.29, 1.82) is 0 Å². The first-order chi connectivity index (χ1) is 7.04. The zero-order valence-electron chi connectivity index (χ0n) is 8.75. The third-order valence-corrected chi connectivity index (χ3v) is 1.72. The second kappa shape index (κ2) is 4.59. The molecule has 1 aromatic carbocycles. The summed E-state index contributed by atoms with van der Waals surface area (Å²) in [6.07, 6.45) is 0. The Balaban J connectivity index is 3.03. The van der Waals surface area contributed by atoms with E-state index in [1.807, 2.05) is 0 Å². The number of nitrogens with two attached hydrogens (primary N) is 1. The number of hydrogen-bond donors (Lipinski definition) is 1. The summed E-state index contributed by atoms with van der Waals surface area (Å²) in [7, 11) is 1.58. The van der Waals surface area contributed by atoms with Crippen LogP contribution in [0.5, 0.6) is 0 Å². The molecule has 0 radical (unpaired) electrons. The fraction of sp³-hybridized carbons (Fsp3) is 0.182. The first-order valence-corrected chi connectivity index (χ1v) is 4.40. The van der Waals surface area contributed by atoms with Crippen molar-refractivity contribution in [2.24, 2.45) is 4.99 Å². The zero-order valence-corrected chi connectivity index (χ0v) is 8.75. The molecule has 0 atom stereocenters. The maximum Gasteiger partial charge on any atom is 0.221 e. The van der Waals surface area contributed by atoms with Gasteiger partial charge in [-0.15, -0.1) is 0 Å². The van der Waals surface area contributed by atoms with Gasteiger partial charge in [0.05, 0.1) is 11.4 Å². The number of halogens is 1. The van der Waals surface area contributed by atoms with E-state index in [2.05, 4.69) is 11.6 Å². The molecule has 0 aliphatic rings. The third kappa shape index (κ3) is 2.80. The van der Waals surface area contributed by atoms with Gasteiger partial charge in [-0.1, -0.05) is 6.58 Å². The maximum atomic E-state index is 12.9. The molecule has 0 aliphatic carbocycles. The first-order valence-electron chi connectivity index (χ1n) is 4.40. The second-order valence-corrected chi connectivity index (χ2v) is 3.07. The predicted molar refractivity (Wildman–Crippen MR) is 59.2 cm³/mol. The monoisotopic (exact) mass is 208 g/mol. The van der Waals surface area contributed by atoms with Gasteiger partial charge in [-0.2, -0.15) is 0 Å². The summed E-state index contributed by atoms with van der Waals surface area (Å²) in [5, 5.41) is 0. The van der Waals surface area contributed by atoms with Crippen LogP contribution in [0.3, 0.4) is 0 Å². The molecule has 2 N–H and O–H groups in total. The van der Waals surface area contributed by atoms with Gasteiger partial charge < -0.3 is 10.5 Å². The molecule has 80 valence electrons. The average molecular weight is 208 g/mol. The summed E-state index contributed by atoms with van der Waals surface area (Å²) in [6, 6.07) is 4.30. The van der Waals surface area contributed by atoms with Gasteiger partial charge in [-0.3, -0.25) is 4.99 Å². The maximum absolute atomic E-state index is 12.9. The van der Waals surface area contributed by atoms with Crippen LogP contribution in [-0.4, -0.2) is 12.9 Å². The van der Waals surface area contributed by atoms with Crippen LogP contribution in [0, 0.1) is 5.82 Å².